The van der Waals surface area contributed by atoms with E-state index in [1.807, 2.05) is 6.07 Å². The quantitative estimate of drug-likeness (QED) is 0.608. The Morgan fingerprint density at radius 2 is 2.25 bits per heavy atom. The number of nitro benzene ring substituents is 1. The van der Waals surface area contributed by atoms with Gasteiger partial charge in [0.1, 0.15) is 4.47 Å². The minimum atomic E-state index is -0.417. The molecule has 0 radical (unpaired) electrons. The van der Waals surface area contributed by atoms with E-state index in [0.29, 0.717) is 23.4 Å². The van der Waals surface area contributed by atoms with Crippen LogP contribution in [0.4, 0.5) is 5.69 Å². The van der Waals surface area contributed by atoms with Gasteiger partial charge in [0.05, 0.1) is 4.92 Å². The van der Waals surface area contributed by atoms with E-state index in [1.54, 1.807) is 11.0 Å². The molecule has 0 aromatic heterocycles. The molecule has 0 spiro atoms. The highest BCUT2D eigenvalue weighted by molar-refractivity contribution is 9.10. The number of benzene rings is 1. The third-order valence-corrected chi connectivity index (χ3v) is 4.52. The molecule has 1 aromatic rings. The molecular formula is C14H17BrN2O3. The van der Waals surface area contributed by atoms with Gasteiger partial charge >= 0.3 is 0 Å². The first-order valence-electron chi connectivity index (χ1n) is 6.72. The Labute approximate surface area is 126 Å². The standard InChI is InChI=1S/C14H17BrN2O3/c1-2-4-10-7-13(18)16(8-10)9-11-5-3-6-12(14(11)15)17(19)20/h3,5-6,10H,2,4,7-9H2,1H3. The van der Waals surface area contributed by atoms with E-state index in [4.69, 9.17) is 0 Å². The van der Waals surface area contributed by atoms with Crippen molar-refractivity contribution in [2.24, 2.45) is 5.92 Å². The van der Waals surface area contributed by atoms with E-state index in [2.05, 4.69) is 22.9 Å². The van der Waals surface area contributed by atoms with Gasteiger partial charge in [0.15, 0.2) is 0 Å². The third kappa shape index (κ3) is 3.17. The molecule has 1 amide bonds. The van der Waals surface area contributed by atoms with Gasteiger partial charge in [-0.3, -0.25) is 14.9 Å². The van der Waals surface area contributed by atoms with Crippen LogP contribution >= 0.6 is 15.9 Å². The molecule has 1 fully saturated rings. The van der Waals surface area contributed by atoms with Crippen LogP contribution in [0.25, 0.3) is 0 Å². The van der Waals surface area contributed by atoms with Crippen molar-refractivity contribution < 1.29 is 9.72 Å². The molecule has 0 bridgehead atoms. The van der Waals surface area contributed by atoms with Gasteiger partial charge in [-0.25, -0.2) is 0 Å². The molecule has 20 heavy (non-hydrogen) atoms. The van der Waals surface area contributed by atoms with Crippen molar-refractivity contribution in [1.82, 2.24) is 4.90 Å². The fourth-order valence-corrected chi connectivity index (χ4v) is 3.18. The molecule has 1 atom stereocenters. The highest BCUT2D eigenvalue weighted by Crippen LogP contribution is 2.31. The lowest BCUT2D eigenvalue weighted by Gasteiger charge is -2.17. The summed E-state index contributed by atoms with van der Waals surface area (Å²) in [6.45, 7) is 3.30. The zero-order chi connectivity index (χ0) is 14.7. The number of amides is 1. The predicted molar refractivity (Wildman–Crippen MR) is 79.2 cm³/mol. The van der Waals surface area contributed by atoms with Crippen LogP contribution in [0.2, 0.25) is 0 Å². The average Bonchev–Trinajstić information content (AvgIpc) is 2.72. The summed E-state index contributed by atoms with van der Waals surface area (Å²) in [4.78, 5) is 24.3. The summed E-state index contributed by atoms with van der Waals surface area (Å²) in [6, 6.07) is 4.93. The SMILES string of the molecule is CCCC1CC(=O)N(Cc2cccc([N+](=O)[O-])c2Br)C1. The van der Waals surface area contributed by atoms with Gasteiger partial charge in [-0.1, -0.05) is 25.5 Å². The van der Waals surface area contributed by atoms with Crippen LogP contribution in [-0.2, 0) is 11.3 Å². The molecule has 1 aliphatic heterocycles. The number of nitro groups is 1. The first-order chi connectivity index (χ1) is 9.52. The van der Waals surface area contributed by atoms with Crippen molar-refractivity contribution >= 4 is 27.5 Å². The van der Waals surface area contributed by atoms with Crippen LogP contribution in [0, 0.1) is 16.0 Å². The highest BCUT2D eigenvalue weighted by Gasteiger charge is 2.29. The van der Waals surface area contributed by atoms with Gasteiger partial charge in [-0.2, -0.15) is 0 Å². The molecule has 1 unspecified atom stereocenters. The summed E-state index contributed by atoms with van der Waals surface area (Å²) in [6.07, 6.45) is 2.73. The van der Waals surface area contributed by atoms with E-state index >= 15 is 0 Å². The Kier molecular flexibility index (Phi) is 4.75. The van der Waals surface area contributed by atoms with E-state index in [9.17, 15) is 14.9 Å². The molecule has 6 heteroatoms. The fourth-order valence-electron chi connectivity index (χ4n) is 2.64. The van der Waals surface area contributed by atoms with Crippen molar-refractivity contribution in [2.75, 3.05) is 6.54 Å². The second-order valence-corrected chi connectivity index (χ2v) is 5.93. The van der Waals surface area contributed by atoms with Crippen molar-refractivity contribution in [3.05, 3.63) is 38.3 Å². The van der Waals surface area contributed by atoms with Crippen molar-refractivity contribution in [3.8, 4) is 0 Å². The van der Waals surface area contributed by atoms with Gasteiger partial charge in [-0.15, -0.1) is 0 Å². The van der Waals surface area contributed by atoms with Gasteiger partial charge in [0, 0.05) is 25.6 Å². The van der Waals surface area contributed by atoms with Crippen molar-refractivity contribution in [3.63, 3.8) is 0 Å². The van der Waals surface area contributed by atoms with Gasteiger partial charge < -0.3 is 4.90 Å². The van der Waals surface area contributed by atoms with E-state index < -0.39 is 4.92 Å². The molecule has 1 heterocycles. The second kappa shape index (κ2) is 6.35. The molecule has 5 nitrogen and oxygen atoms in total. The molecule has 0 N–H and O–H groups in total. The first kappa shape index (κ1) is 15.0. The Hall–Kier alpha value is -1.43. The number of halogens is 1. The molecular weight excluding hydrogens is 324 g/mol. The van der Waals surface area contributed by atoms with Crippen LogP contribution in [0.1, 0.15) is 31.7 Å². The van der Waals surface area contributed by atoms with Gasteiger partial charge in [-0.05, 0) is 33.8 Å². The van der Waals surface area contributed by atoms with E-state index in [-0.39, 0.29) is 11.6 Å². The minimum Gasteiger partial charge on any atom is -0.338 e. The Balaban J connectivity index is 2.13. The van der Waals surface area contributed by atoms with Gasteiger partial charge in [0.25, 0.3) is 5.69 Å². The van der Waals surface area contributed by atoms with Crippen molar-refractivity contribution in [2.45, 2.75) is 32.7 Å². The van der Waals surface area contributed by atoms with E-state index in [1.165, 1.54) is 6.07 Å². The molecule has 1 aromatic carbocycles. The summed E-state index contributed by atoms with van der Waals surface area (Å²) < 4.78 is 0.469. The maximum Gasteiger partial charge on any atom is 0.283 e. The molecule has 0 aliphatic carbocycles. The Morgan fingerprint density at radius 1 is 1.50 bits per heavy atom. The lowest BCUT2D eigenvalue weighted by Crippen LogP contribution is -2.24. The average molecular weight is 341 g/mol. The zero-order valence-electron chi connectivity index (χ0n) is 11.3. The largest absolute Gasteiger partial charge is 0.338 e. The minimum absolute atomic E-state index is 0.0410. The number of rotatable bonds is 5. The molecule has 0 saturated carbocycles. The summed E-state index contributed by atoms with van der Waals surface area (Å²) in [5.41, 5.74) is 0.823. The monoisotopic (exact) mass is 340 g/mol. The number of hydrogen-bond acceptors (Lipinski definition) is 3. The molecule has 2 rings (SSSR count). The molecule has 1 saturated heterocycles. The van der Waals surface area contributed by atoms with Crippen LogP contribution in [-0.4, -0.2) is 22.3 Å². The summed E-state index contributed by atoms with van der Waals surface area (Å²) >= 11 is 3.28. The summed E-state index contributed by atoms with van der Waals surface area (Å²) in [7, 11) is 0. The van der Waals surface area contributed by atoms with Gasteiger partial charge in [0.2, 0.25) is 5.91 Å². The fraction of sp³-hybridized carbons (Fsp3) is 0.500. The molecule has 108 valence electrons. The number of carbonyl (C=O) groups is 1. The maximum absolute atomic E-state index is 12.0. The van der Waals surface area contributed by atoms with Crippen LogP contribution in [0.5, 0.6) is 0 Å². The number of likely N-dealkylation sites (tertiary alicyclic amines) is 1. The number of hydrogen-bond donors (Lipinski definition) is 0. The summed E-state index contributed by atoms with van der Waals surface area (Å²) in [5.74, 6) is 0.562. The maximum atomic E-state index is 12.0. The first-order valence-corrected chi connectivity index (χ1v) is 7.51. The van der Waals surface area contributed by atoms with Crippen molar-refractivity contribution in [1.29, 1.82) is 0 Å². The second-order valence-electron chi connectivity index (χ2n) is 5.14. The predicted octanol–water partition coefficient (Wildman–Crippen LogP) is 3.51. The highest BCUT2D eigenvalue weighted by atomic mass is 79.9. The zero-order valence-corrected chi connectivity index (χ0v) is 12.9. The normalized spacial score (nSPS) is 18.6. The number of nitrogens with zero attached hydrogens (tertiary/aromatic N) is 2. The number of carbonyl (C=O) groups excluding carboxylic acids is 1. The smallest absolute Gasteiger partial charge is 0.283 e. The Bertz CT molecular complexity index is 533. The lowest BCUT2D eigenvalue weighted by atomic mass is 10.0. The Morgan fingerprint density at radius 3 is 2.90 bits per heavy atom. The summed E-state index contributed by atoms with van der Waals surface area (Å²) in [5, 5.41) is 10.9. The third-order valence-electron chi connectivity index (χ3n) is 3.61. The molecule has 1 aliphatic rings. The van der Waals surface area contributed by atoms with Crippen LogP contribution < -0.4 is 0 Å². The van der Waals surface area contributed by atoms with Crippen LogP contribution in [0.15, 0.2) is 22.7 Å². The lowest BCUT2D eigenvalue weighted by molar-refractivity contribution is -0.385. The van der Waals surface area contributed by atoms with E-state index in [0.717, 1.165) is 24.9 Å². The van der Waals surface area contributed by atoms with Crippen LogP contribution in [0.3, 0.4) is 0 Å². The topological polar surface area (TPSA) is 63.5 Å².